The summed E-state index contributed by atoms with van der Waals surface area (Å²) in [7, 11) is 0. The van der Waals surface area contributed by atoms with E-state index < -0.39 is 0 Å². The van der Waals surface area contributed by atoms with Gasteiger partial charge in [0.25, 0.3) is 0 Å². The first-order chi connectivity index (χ1) is 14.3. The van der Waals surface area contributed by atoms with Crippen LogP contribution >= 0.6 is 0 Å². The van der Waals surface area contributed by atoms with Crippen LogP contribution in [0.3, 0.4) is 0 Å². The van der Waals surface area contributed by atoms with Crippen molar-refractivity contribution in [2.24, 2.45) is 15.8 Å². The Morgan fingerprint density at radius 1 is 1.07 bits per heavy atom. The zero-order valence-electron chi connectivity index (χ0n) is 18.7. The predicted octanol–water partition coefficient (Wildman–Crippen LogP) is 4.44. The van der Waals surface area contributed by atoms with E-state index in [2.05, 4.69) is 69.0 Å². The van der Waals surface area contributed by atoms with Crippen molar-refractivity contribution in [2.45, 2.75) is 58.4 Å². The number of nitrogens with zero attached hydrogens (tertiary/aromatic N) is 2. The summed E-state index contributed by atoms with van der Waals surface area (Å²) in [6.45, 7) is 13.0. The average Bonchev–Trinajstić information content (AvgIpc) is 3.40. The molecule has 1 aliphatic carbocycles. The minimum atomic E-state index is -0.365. The van der Waals surface area contributed by atoms with Gasteiger partial charge in [-0.1, -0.05) is 57.2 Å². The highest BCUT2D eigenvalue weighted by Crippen LogP contribution is 2.49. The third kappa shape index (κ3) is 3.31. The van der Waals surface area contributed by atoms with Gasteiger partial charge in [-0.05, 0) is 23.5 Å². The van der Waals surface area contributed by atoms with Gasteiger partial charge in [0.1, 0.15) is 6.61 Å². The molecule has 5 heteroatoms. The van der Waals surface area contributed by atoms with E-state index in [4.69, 9.17) is 19.2 Å². The van der Waals surface area contributed by atoms with Gasteiger partial charge in [-0.25, -0.2) is 4.99 Å². The Kier molecular flexibility index (Phi) is 4.84. The van der Waals surface area contributed by atoms with Crippen LogP contribution in [0.4, 0.5) is 0 Å². The molecule has 0 bridgehead atoms. The normalized spacial score (nSPS) is 33.4. The van der Waals surface area contributed by atoms with E-state index in [0.29, 0.717) is 19.8 Å². The number of ether oxygens (including phenoxy) is 3. The largest absolute Gasteiger partial charge is 0.478 e. The van der Waals surface area contributed by atoms with Crippen LogP contribution in [0.1, 0.15) is 57.7 Å². The molecule has 5 rings (SSSR count). The second kappa shape index (κ2) is 7.18. The lowest BCUT2D eigenvalue weighted by Gasteiger charge is -2.48. The van der Waals surface area contributed by atoms with Gasteiger partial charge < -0.3 is 14.2 Å². The van der Waals surface area contributed by atoms with E-state index in [1.54, 1.807) is 0 Å². The quantitative estimate of drug-likeness (QED) is 0.723. The van der Waals surface area contributed by atoms with Gasteiger partial charge in [0, 0.05) is 25.9 Å². The van der Waals surface area contributed by atoms with Gasteiger partial charge in [0.2, 0.25) is 0 Å². The molecule has 0 saturated carbocycles. The summed E-state index contributed by atoms with van der Waals surface area (Å²) in [6, 6.07) is 9.13. The highest BCUT2D eigenvalue weighted by atomic mass is 16.7. The Morgan fingerprint density at radius 2 is 1.77 bits per heavy atom. The summed E-state index contributed by atoms with van der Waals surface area (Å²) >= 11 is 0. The molecule has 0 aromatic heterocycles. The van der Waals surface area contributed by atoms with Crippen molar-refractivity contribution in [3.63, 3.8) is 0 Å². The molecule has 3 heterocycles. The van der Waals surface area contributed by atoms with Gasteiger partial charge in [-0.3, -0.25) is 4.90 Å². The summed E-state index contributed by atoms with van der Waals surface area (Å²) < 4.78 is 18.2. The minimum absolute atomic E-state index is 0.0958. The molecule has 2 saturated heterocycles. The van der Waals surface area contributed by atoms with Gasteiger partial charge in [-0.2, -0.15) is 0 Å². The fourth-order valence-electron chi connectivity index (χ4n) is 5.37. The molecule has 162 valence electrons. The van der Waals surface area contributed by atoms with Crippen molar-refractivity contribution in [2.75, 3.05) is 32.9 Å². The first-order valence-electron chi connectivity index (χ1n) is 11.3. The maximum Gasteiger partial charge on any atom is 0.195 e. The standard InChI is InChI=1S/C25H34N2O3/c1-23(2,3)20-17-28-22(26-20)24(4)10-9-18-7-5-6-8-19(18)21(24)27-13-11-25(12-14-27)29-15-16-30-25/h5-10,20-21H,11-17H2,1-4H3/t20-,21+,24-/m1/s1. The molecule has 1 aromatic carbocycles. The lowest BCUT2D eigenvalue weighted by atomic mass is 9.71. The summed E-state index contributed by atoms with van der Waals surface area (Å²) in [4.78, 5) is 7.70. The maximum atomic E-state index is 6.29. The average molecular weight is 411 g/mol. The number of rotatable bonds is 2. The van der Waals surface area contributed by atoms with Crippen LogP contribution in [0, 0.1) is 10.8 Å². The summed E-state index contributed by atoms with van der Waals surface area (Å²) in [5.41, 5.74) is 2.45. The van der Waals surface area contributed by atoms with Crippen LogP contribution in [0.15, 0.2) is 35.3 Å². The van der Waals surface area contributed by atoms with Crippen molar-refractivity contribution >= 4 is 12.0 Å². The molecule has 2 fully saturated rings. The summed E-state index contributed by atoms with van der Waals surface area (Å²) in [6.07, 6.45) is 6.38. The molecule has 5 nitrogen and oxygen atoms in total. The third-order valence-corrected chi connectivity index (χ3v) is 7.32. The first kappa shape index (κ1) is 20.2. The number of benzene rings is 1. The lowest BCUT2D eigenvalue weighted by Crippen LogP contribution is -2.51. The number of piperidine rings is 1. The smallest absolute Gasteiger partial charge is 0.195 e. The lowest BCUT2D eigenvalue weighted by molar-refractivity contribution is -0.189. The Bertz CT molecular complexity index is 855. The monoisotopic (exact) mass is 410 g/mol. The van der Waals surface area contributed by atoms with Crippen molar-refractivity contribution in [1.29, 1.82) is 0 Å². The first-order valence-corrected chi connectivity index (χ1v) is 11.3. The fourth-order valence-corrected chi connectivity index (χ4v) is 5.37. The molecule has 0 radical (unpaired) electrons. The summed E-state index contributed by atoms with van der Waals surface area (Å²) in [5.74, 6) is 0.516. The molecule has 30 heavy (non-hydrogen) atoms. The highest BCUT2D eigenvalue weighted by Gasteiger charge is 2.50. The van der Waals surface area contributed by atoms with Crippen LogP contribution in [-0.2, 0) is 14.2 Å². The van der Waals surface area contributed by atoms with E-state index in [9.17, 15) is 0 Å². The maximum absolute atomic E-state index is 6.29. The minimum Gasteiger partial charge on any atom is -0.478 e. The second-order valence-electron chi connectivity index (χ2n) is 10.4. The van der Waals surface area contributed by atoms with Crippen molar-refractivity contribution in [1.82, 2.24) is 4.90 Å². The van der Waals surface area contributed by atoms with Crippen LogP contribution in [0.25, 0.3) is 6.08 Å². The zero-order chi connectivity index (χ0) is 21.0. The van der Waals surface area contributed by atoms with Crippen molar-refractivity contribution < 1.29 is 14.2 Å². The molecule has 3 aliphatic heterocycles. The third-order valence-electron chi connectivity index (χ3n) is 7.32. The molecule has 0 amide bonds. The Labute approximate surface area is 180 Å². The number of hydrogen-bond donors (Lipinski definition) is 0. The van der Waals surface area contributed by atoms with E-state index in [1.165, 1.54) is 11.1 Å². The number of fused-ring (bicyclic) bond motifs is 1. The van der Waals surface area contributed by atoms with Crippen LogP contribution in [0.2, 0.25) is 0 Å². The Morgan fingerprint density at radius 3 is 2.43 bits per heavy atom. The fraction of sp³-hybridized carbons (Fsp3) is 0.640. The summed E-state index contributed by atoms with van der Waals surface area (Å²) in [5, 5.41) is 0. The molecule has 1 spiro atoms. The van der Waals surface area contributed by atoms with E-state index >= 15 is 0 Å². The Balaban J connectivity index is 1.49. The van der Waals surface area contributed by atoms with Gasteiger partial charge in [0.15, 0.2) is 11.7 Å². The van der Waals surface area contributed by atoms with Crippen LogP contribution in [-0.4, -0.2) is 55.5 Å². The predicted molar refractivity (Wildman–Crippen MR) is 118 cm³/mol. The van der Waals surface area contributed by atoms with Gasteiger partial charge in [0.05, 0.1) is 30.7 Å². The number of aliphatic imine (C=N–C) groups is 1. The van der Waals surface area contributed by atoms with Crippen molar-refractivity contribution in [3.05, 3.63) is 41.5 Å². The van der Waals surface area contributed by atoms with E-state index in [-0.39, 0.29) is 28.7 Å². The molecule has 0 N–H and O–H groups in total. The van der Waals surface area contributed by atoms with E-state index in [1.807, 2.05) is 0 Å². The number of hydrogen-bond acceptors (Lipinski definition) is 5. The van der Waals surface area contributed by atoms with Gasteiger partial charge in [-0.15, -0.1) is 0 Å². The van der Waals surface area contributed by atoms with Crippen LogP contribution in [0.5, 0.6) is 0 Å². The second-order valence-corrected chi connectivity index (χ2v) is 10.4. The highest BCUT2D eigenvalue weighted by molar-refractivity contribution is 5.89. The van der Waals surface area contributed by atoms with Crippen LogP contribution < -0.4 is 0 Å². The number of likely N-dealkylation sites (tertiary alicyclic amines) is 1. The molecular formula is C25H34N2O3. The molecular weight excluding hydrogens is 376 g/mol. The van der Waals surface area contributed by atoms with Gasteiger partial charge >= 0.3 is 0 Å². The molecule has 4 aliphatic rings. The molecule has 0 unspecified atom stereocenters. The molecule has 1 aromatic rings. The van der Waals surface area contributed by atoms with E-state index in [0.717, 1.165) is 31.8 Å². The topological polar surface area (TPSA) is 43.3 Å². The van der Waals surface area contributed by atoms with Crippen molar-refractivity contribution in [3.8, 4) is 0 Å². The zero-order valence-corrected chi connectivity index (χ0v) is 18.7. The molecule has 3 atom stereocenters. The SMILES string of the molecule is CC(C)(C)[C@H]1COC([C@]2(C)C=Cc3ccccc3[C@@H]2N2CCC3(CC2)OCCO3)=N1. The Hall–Kier alpha value is -1.69.